The number of hydrogen-bond acceptors (Lipinski definition) is 3. The van der Waals surface area contributed by atoms with Crippen LogP contribution in [0.3, 0.4) is 0 Å². The first kappa shape index (κ1) is 9.80. The van der Waals surface area contributed by atoms with Crippen molar-refractivity contribution in [3.8, 4) is 0 Å². The Balaban J connectivity index is 0. The molecule has 1 N–H and O–H groups in total. The molecule has 6 heavy (non-hydrogen) atoms. The van der Waals surface area contributed by atoms with Gasteiger partial charge in [0, 0.05) is 0 Å². The fourth-order valence-corrected chi connectivity index (χ4v) is 0. The molecule has 0 atom stereocenters. The van der Waals surface area contributed by atoms with Crippen LogP contribution in [-0.4, -0.2) is 4.03 Å². The molecule has 0 bridgehead atoms. The van der Waals surface area contributed by atoms with E-state index in [1.54, 1.807) is 0 Å². The van der Waals surface area contributed by atoms with Crippen LogP contribution in [0.15, 0.2) is 0 Å². The van der Waals surface area contributed by atoms with E-state index in [0.717, 1.165) is 0 Å². The minimum atomic E-state index is -5.62. The van der Waals surface area contributed by atoms with Gasteiger partial charge in [-0.1, -0.05) is 0 Å². The zero-order valence-electron chi connectivity index (χ0n) is 2.42. The van der Waals surface area contributed by atoms with Gasteiger partial charge in [-0.05, 0) is 0 Å². The van der Waals surface area contributed by atoms with E-state index in [4.69, 9.17) is 15.4 Å². The fraction of sp³-hybridized carbons (Fsp3) is 0. The quantitative estimate of drug-likeness (QED) is 0.437. The first-order valence-corrected chi connectivity index (χ1v) is 3.08. The van der Waals surface area contributed by atoms with E-state index in [2.05, 4.69) is 0 Å². The Labute approximate surface area is 47.5 Å². The van der Waals surface area contributed by atoms with Crippen molar-refractivity contribution in [3.05, 3.63) is 0 Å². The Morgan fingerprint density at radius 2 is 1.50 bits per heavy atom. The van der Waals surface area contributed by atoms with Gasteiger partial charge in [-0.15, -0.1) is 0 Å². The summed E-state index contributed by atoms with van der Waals surface area (Å²) in [6, 6.07) is 0. The Bertz CT molecular complexity index is 90.7. The van der Waals surface area contributed by atoms with Crippen LogP contribution < -0.4 is 4.03 Å². The van der Waals surface area contributed by atoms with Crippen molar-refractivity contribution < 1.29 is 47.1 Å². The van der Waals surface area contributed by atoms with E-state index < -0.39 is 14.6 Å². The van der Waals surface area contributed by atoms with Crippen LogP contribution in [0.4, 0.5) is 0 Å². The van der Waals surface area contributed by atoms with Crippen LogP contribution in [-0.2, 0) is 39.0 Å². The molecule has 0 radical (unpaired) electrons. The van der Waals surface area contributed by atoms with Gasteiger partial charge in [0.05, 0.1) is 0 Å². The molecule has 6 heteroatoms. The molecule has 0 saturated carbocycles. The Hall–Kier alpha value is 0.624. The second-order valence-corrected chi connectivity index (χ2v) is 1.93. The van der Waals surface area contributed by atoms with E-state index >= 15 is 0 Å². The van der Waals surface area contributed by atoms with Gasteiger partial charge in [-0.3, -0.25) is 0 Å². The molecule has 0 saturated heterocycles. The van der Waals surface area contributed by atoms with Gasteiger partial charge < -0.3 is 0 Å². The summed E-state index contributed by atoms with van der Waals surface area (Å²) in [4.78, 5) is 0. The third-order valence-electron chi connectivity index (χ3n) is 0. The van der Waals surface area contributed by atoms with Gasteiger partial charge in [-0.2, -0.15) is 0 Å². The second-order valence-electron chi connectivity index (χ2n) is 0.469. The summed E-state index contributed by atoms with van der Waals surface area (Å²) in [5, 5.41) is 0. The van der Waals surface area contributed by atoms with Crippen molar-refractivity contribution in [1.82, 2.24) is 0 Å². The van der Waals surface area contributed by atoms with Crippen molar-refractivity contribution in [2.75, 3.05) is 0 Å². The third-order valence-corrected chi connectivity index (χ3v) is 0. The fourth-order valence-electron chi connectivity index (χ4n) is 0. The van der Waals surface area contributed by atoms with Crippen molar-refractivity contribution in [3.63, 3.8) is 0 Å². The molecule has 0 fully saturated rings. The molecule has 0 aliphatic carbocycles. The van der Waals surface area contributed by atoms with Gasteiger partial charge >= 0.3 is 47.1 Å². The maximum atomic E-state index is 8.72. The van der Waals surface area contributed by atoms with Crippen LogP contribution in [0.25, 0.3) is 0 Å². The van der Waals surface area contributed by atoms with Crippen molar-refractivity contribution in [2.45, 2.75) is 0 Å². The van der Waals surface area contributed by atoms with Gasteiger partial charge in [0.2, 0.25) is 0 Å². The summed E-state index contributed by atoms with van der Waals surface area (Å²) in [7, 11) is 0. The van der Waals surface area contributed by atoms with Gasteiger partial charge in [0.1, 0.15) is 0 Å². The summed E-state index contributed by atoms with van der Waals surface area (Å²) < 4.78 is 33.2. The summed E-state index contributed by atoms with van der Waals surface area (Å²) in [5.41, 5.74) is 0. The molecule has 0 rings (SSSR count). The molecule has 0 aliphatic rings. The predicted molar refractivity (Wildman–Crippen MR) is 3.59 cm³/mol. The molecule has 0 heterocycles. The molecular weight excluding hydrogens is 178 g/mol. The first-order valence-electron chi connectivity index (χ1n) is 0.748. The van der Waals surface area contributed by atoms with Crippen LogP contribution in [0.1, 0.15) is 0 Å². The van der Waals surface area contributed by atoms with E-state index in [9.17, 15) is 0 Å². The van der Waals surface area contributed by atoms with E-state index in [0.29, 0.717) is 0 Å². The number of hydrogen-bond donors (Lipinski definition) is 1. The van der Waals surface area contributed by atoms with Gasteiger partial charge in [0.15, 0.2) is 0 Å². The molecule has 0 aromatic rings. The predicted octanol–water partition coefficient (Wildman–Crippen LogP) is -1.99. The zero-order chi connectivity index (χ0) is 4.50. The standard InChI is InChI=1S/Cu.H2O.3O.V/h;1H2;;;;/q+1;;;;-1;+1/p-1. The van der Waals surface area contributed by atoms with Gasteiger partial charge in [-0.25, -0.2) is 0 Å². The van der Waals surface area contributed by atoms with Crippen LogP contribution in [0, 0.1) is 0 Å². The van der Waals surface area contributed by atoms with Crippen molar-refractivity contribution >= 4 is 0 Å². The zero-order valence-corrected chi connectivity index (χ0v) is 4.76. The first-order chi connectivity index (χ1) is 2.00. The molecule has 0 aliphatic heterocycles. The average molecular weight is 179 g/mol. The molecule has 0 aromatic heterocycles. The summed E-state index contributed by atoms with van der Waals surface area (Å²) in [6.07, 6.45) is 0. The second kappa shape index (κ2) is 2.74. The monoisotopic (exact) mass is 179 g/mol. The molecule has 0 spiro atoms. The molecule has 0 unspecified atom stereocenters. The van der Waals surface area contributed by atoms with Crippen LogP contribution in [0.5, 0.6) is 0 Å². The summed E-state index contributed by atoms with van der Waals surface area (Å²) in [5.74, 6) is 0. The SMILES string of the molecule is [Cu+].[O]=[V](=[O])([O-])[OH]. The average Bonchev–Trinajstić information content (AvgIpc) is 0.722. The Morgan fingerprint density at radius 3 is 1.50 bits per heavy atom. The molecule has 0 aromatic carbocycles. The van der Waals surface area contributed by atoms with E-state index in [1.807, 2.05) is 0 Å². The molecular formula is HCuO4V. The molecule has 4 nitrogen and oxygen atoms in total. The van der Waals surface area contributed by atoms with Crippen LogP contribution in [0.2, 0.25) is 0 Å². The minimum absolute atomic E-state index is 0. The summed E-state index contributed by atoms with van der Waals surface area (Å²) >= 11 is -5.62. The van der Waals surface area contributed by atoms with Crippen molar-refractivity contribution in [1.29, 1.82) is 0 Å². The normalized spacial score (nSPS) is 9.67. The van der Waals surface area contributed by atoms with E-state index in [-0.39, 0.29) is 17.1 Å². The maximum absolute atomic E-state index is 8.72. The van der Waals surface area contributed by atoms with Crippen molar-refractivity contribution in [2.24, 2.45) is 0 Å². The Morgan fingerprint density at radius 1 is 1.50 bits per heavy atom. The van der Waals surface area contributed by atoms with Gasteiger partial charge in [0.25, 0.3) is 0 Å². The number of rotatable bonds is 0. The van der Waals surface area contributed by atoms with E-state index in [1.165, 1.54) is 0 Å². The summed E-state index contributed by atoms with van der Waals surface area (Å²) in [6.45, 7) is 0. The third kappa shape index (κ3) is 156. The Kier molecular flexibility index (Phi) is 4.48. The molecule has 41 valence electrons. The molecule has 0 amide bonds. The topological polar surface area (TPSA) is 77.4 Å². The van der Waals surface area contributed by atoms with Crippen LogP contribution >= 0.6 is 0 Å².